The molecular weight excluding hydrogens is 328 g/mol. The first-order valence-corrected chi connectivity index (χ1v) is 9.07. The van der Waals surface area contributed by atoms with Gasteiger partial charge in [-0.3, -0.25) is 19.4 Å². The van der Waals surface area contributed by atoms with Gasteiger partial charge in [-0.15, -0.1) is 0 Å². The van der Waals surface area contributed by atoms with Gasteiger partial charge in [-0.25, -0.2) is 0 Å². The first-order chi connectivity index (χ1) is 12.6. The van der Waals surface area contributed by atoms with Gasteiger partial charge in [-0.1, -0.05) is 36.4 Å². The lowest BCUT2D eigenvalue weighted by atomic mass is 10.0. The molecule has 1 N–H and O–H groups in total. The van der Waals surface area contributed by atoms with E-state index in [0.717, 1.165) is 24.2 Å². The van der Waals surface area contributed by atoms with Crippen LogP contribution in [0.4, 0.5) is 11.4 Å². The lowest BCUT2D eigenvalue weighted by molar-refractivity contribution is -0.141. The number of carbonyl (C=O) groups excluding carboxylic acids is 1. The minimum Gasteiger partial charge on any atom is -0.481 e. The predicted octanol–water partition coefficient (Wildman–Crippen LogP) is 2.86. The van der Waals surface area contributed by atoms with Gasteiger partial charge in [0.05, 0.1) is 23.8 Å². The molecule has 0 bridgehead atoms. The molecule has 1 atom stereocenters. The van der Waals surface area contributed by atoms with Crippen LogP contribution in [-0.2, 0) is 22.4 Å². The molecule has 1 fully saturated rings. The normalized spacial score (nSPS) is 19.5. The molecule has 4 rings (SSSR count). The van der Waals surface area contributed by atoms with Crippen molar-refractivity contribution in [1.29, 1.82) is 0 Å². The highest BCUT2D eigenvalue weighted by molar-refractivity contribution is 6.03. The topological polar surface area (TPSA) is 60.9 Å². The third-order valence-electron chi connectivity index (χ3n) is 5.36. The van der Waals surface area contributed by atoms with Crippen LogP contribution < -0.4 is 4.90 Å². The summed E-state index contributed by atoms with van der Waals surface area (Å²) >= 11 is 0. The van der Waals surface area contributed by atoms with E-state index in [1.54, 1.807) is 0 Å². The first-order valence-electron chi connectivity index (χ1n) is 9.07. The van der Waals surface area contributed by atoms with E-state index in [0.29, 0.717) is 19.5 Å². The number of anilines is 2. The molecule has 2 aliphatic heterocycles. The number of nitrogens with zero attached hydrogens (tertiary/aromatic N) is 2. The van der Waals surface area contributed by atoms with Crippen LogP contribution in [-0.4, -0.2) is 41.5 Å². The number of carboxylic acid groups (broad SMARTS) is 1. The van der Waals surface area contributed by atoms with Crippen LogP contribution in [0, 0.1) is 5.92 Å². The van der Waals surface area contributed by atoms with E-state index < -0.39 is 5.97 Å². The fourth-order valence-electron chi connectivity index (χ4n) is 3.99. The molecule has 2 aliphatic rings. The molecule has 0 aliphatic carbocycles. The van der Waals surface area contributed by atoms with E-state index in [2.05, 4.69) is 12.1 Å². The number of aliphatic carboxylic acids is 1. The van der Waals surface area contributed by atoms with Gasteiger partial charge in [0, 0.05) is 6.54 Å². The molecule has 2 aromatic rings. The molecule has 5 heteroatoms. The van der Waals surface area contributed by atoms with E-state index >= 15 is 0 Å². The maximum Gasteiger partial charge on any atom is 0.307 e. The Kier molecular flexibility index (Phi) is 4.47. The zero-order valence-corrected chi connectivity index (χ0v) is 14.6. The van der Waals surface area contributed by atoms with E-state index in [4.69, 9.17) is 0 Å². The number of amides is 1. The van der Waals surface area contributed by atoms with Gasteiger partial charge >= 0.3 is 5.97 Å². The largest absolute Gasteiger partial charge is 0.481 e. The second-order valence-corrected chi connectivity index (χ2v) is 7.05. The average molecular weight is 350 g/mol. The summed E-state index contributed by atoms with van der Waals surface area (Å²) in [5.74, 6) is -1.14. The number of aryl methyl sites for hydroxylation is 2. The molecule has 5 nitrogen and oxygen atoms in total. The average Bonchev–Trinajstić information content (AvgIpc) is 3.04. The third kappa shape index (κ3) is 3.10. The van der Waals surface area contributed by atoms with Crippen LogP contribution in [0.2, 0.25) is 0 Å². The minimum absolute atomic E-state index is 0.00200. The molecule has 1 amide bonds. The smallest absolute Gasteiger partial charge is 0.307 e. The predicted molar refractivity (Wildman–Crippen MR) is 99.6 cm³/mol. The second-order valence-electron chi connectivity index (χ2n) is 7.05. The van der Waals surface area contributed by atoms with Gasteiger partial charge < -0.3 is 5.11 Å². The molecular formula is C21H22N2O3. The lowest BCUT2D eigenvalue weighted by Gasteiger charge is -2.27. The quantitative estimate of drug-likeness (QED) is 0.925. The monoisotopic (exact) mass is 350 g/mol. The van der Waals surface area contributed by atoms with Crippen LogP contribution in [0.1, 0.15) is 17.5 Å². The van der Waals surface area contributed by atoms with Crippen molar-refractivity contribution in [3.05, 3.63) is 59.7 Å². The fourth-order valence-corrected chi connectivity index (χ4v) is 3.99. The Bertz CT molecular complexity index is 801. The van der Waals surface area contributed by atoms with E-state index in [1.165, 1.54) is 11.1 Å². The number of carboxylic acids is 1. The van der Waals surface area contributed by atoms with Gasteiger partial charge in [0.1, 0.15) is 0 Å². The van der Waals surface area contributed by atoms with Gasteiger partial charge in [0.25, 0.3) is 0 Å². The summed E-state index contributed by atoms with van der Waals surface area (Å²) in [6.07, 6.45) is 2.42. The number of fused-ring (bicyclic) bond motifs is 2. The van der Waals surface area contributed by atoms with E-state index in [1.807, 2.05) is 46.2 Å². The molecule has 2 heterocycles. The first kappa shape index (κ1) is 16.8. The van der Waals surface area contributed by atoms with Crippen molar-refractivity contribution in [2.45, 2.75) is 19.3 Å². The Hall–Kier alpha value is -2.66. The van der Waals surface area contributed by atoms with Crippen LogP contribution in [0.3, 0.4) is 0 Å². The van der Waals surface area contributed by atoms with Crippen molar-refractivity contribution in [3.8, 4) is 0 Å². The molecule has 0 radical (unpaired) electrons. The highest BCUT2D eigenvalue weighted by atomic mass is 16.4. The van der Waals surface area contributed by atoms with Crippen LogP contribution in [0.5, 0.6) is 0 Å². The summed E-state index contributed by atoms with van der Waals surface area (Å²) in [6.45, 7) is 1.34. The number of hydrogen-bond acceptors (Lipinski definition) is 3. The zero-order chi connectivity index (χ0) is 18.1. The molecule has 0 aromatic heterocycles. The number of para-hydroxylation sites is 2. The Morgan fingerprint density at radius 1 is 0.962 bits per heavy atom. The molecule has 2 aromatic carbocycles. The Labute approximate surface area is 152 Å². The van der Waals surface area contributed by atoms with Crippen molar-refractivity contribution in [2.24, 2.45) is 5.92 Å². The van der Waals surface area contributed by atoms with Gasteiger partial charge in [0.2, 0.25) is 5.91 Å². The van der Waals surface area contributed by atoms with Crippen molar-refractivity contribution >= 4 is 23.3 Å². The SMILES string of the molecule is O=C(O)C1CCN(CC(=O)N2c3ccccc3CCc3ccccc32)C1. The number of hydrogen-bond donors (Lipinski definition) is 1. The summed E-state index contributed by atoms with van der Waals surface area (Å²) in [5, 5.41) is 9.19. The fraction of sp³-hybridized carbons (Fsp3) is 0.333. The van der Waals surface area contributed by atoms with Crippen LogP contribution in [0.25, 0.3) is 0 Å². The lowest BCUT2D eigenvalue weighted by Crippen LogP contribution is -2.38. The van der Waals surface area contributed by atoms with E-state index in [9.17, 15) is 14.7 Å². The third-order valence-corrected chi connectivity index (χ3v) is 5.36. The van der Waals surface area contributed by atoms with Crippen molar-refractivity contribution < 1.29 is 14.7 Å². The van der Waals surface area contributed by atoms with E-state index in [-0.39, 0.29) is 18.4 Å². The maximum absolute atomic E-state index is 13.2. The minimum atomic E-state index is -0.773. The summed E-state index contributed by atoms with van der Waals surface area (Å²) in [5.41, 5.74) is 4.22. The van der Waals surface area contributed by atoms with Crippen LogP contribution in [0.15, 0.2) is 48.5 Å². The highest BCUT2D eigenvalue weighted by Crippen LogP contribution is 2.36. The summed E-state index contributed by atoms with van der Waals surface area (Å²) < 4.78 is 0. The Morgan fingerprint density at radius 2 is 1.54 bits per heavy atom. The molecule has 26 heavy (non-hydrogen) atoms. The Balaban J connectivity index is 1.64. The second kappa shape index (κ2) is 6.92. The summed E-state index contributed by atoms with van der Waals surface area (Å²) in [7, 11) is 0. The number of likely N-dealkylation sites (tertiary alicyclic amines) is 1. The zero-order valence-electron chi connectivity index (χ0n) is 14.6. The van der Waals surface area contributed by atoms with Crippen molar-refractivity contribution in [2.75, 3.05) is 24.5 Å². The molecule has 0 saturated carbocycles. The number of benzene rings is 2. The maximum atomic E-state index is 13.2. The molecule has 0 spiro atoms. The van der Waals surface area contributed by atoms with Crippen molar-refractivity contribution in [1.82, 2.24) is 4.90 Å². The van der Waals surface area contributed by atoms with Gasteiger partial charge in [-0.2, -0.15) is 0 Å². The highest BCUT2D eigenvalue weighted by Gasteiger charge is 2.32. The molecule has 1 saturated heterocycles. The Morgan fingerprint density at radius 3 is 2.08 bits per heavy atom. The standard InChI is InChI=1S/C21H22N2O3/c24-20(14-22-12-11-17(13-22)21(25)26)23-18-7-3-1-5-15(18)9-10-16-6-2-4-8-19(16)23/h1-8,17H,9-14H2,(H,25,26). The summed E-state index contributed by atoms with van der Waals surface area (Å²) in [6, 6.07) is 16.1. The summed E-state index contributed by atoms with van der Waals surface area (Å²) in [4.78, 5) is 28.2. The number of carbonyl (C=O) groups is 2. The van der Waals surface area contributed by atoms with Gasteiger partial charge in [0.15, 0.2) is 0 Å². The van der Waals surface area contributed by atoms with Gasteiger partial charge in [-0.05, 0) is 49.1 Å². The molecule has 1 unspecified atom stereocenters. The molecule has 134 valence electrons. The van der Waals surface area contributed by atoms with Crippen LogP contribution >= 0.6 is 0 Å². The number of rotatable bonds is 3. The van der Waals surface area contributed by atoms with Crippen molar-refractivity contribution in [3.63, 3.8) is 0 Å².